The molecule has 3 rings (SSSR count). The van der Waals surface area contributed by atoms with E-state index >= 15 is 0 Å². The molecular formula is C26H34N+. The molecule has 0 saturated heterocycles. The topological polar surface area (TPSA) is 3.88 Å². The van der Waals surface area contributed by atoms with Gasteiger partial charge in [-0.25, -0.2) is 0 Å². The number of hydrogen-bond acceptors (Lipinski definition) is 0. The molecule has 0 fully saturated rings. The van der Waals surface area contributed by atoms with Crippen molar-refractivity contribution in [3.8, 4) is 0 Å². The Balaban J connectivity index is 1.65. The van der Waals surface area contributed by atoms with Gasteiger partial charge in [-0.3, -0.25) is 0 Å². The third-order valence-electron chi connectivity index (χ3n) is 5.52. The van der Waals surface area contributed by atoms with Crippen LogP contribution in [0.2, 0.25) is 0 Å². The predicted octanol–water partition coefficient (Wildman–Crippen LogP) is 6.86. The van der Waals surface area contributed by atoms with Gasteiger partial charge >= 0.3 is 0 Å². The van der Waals surface area contributed by atoms with Crippen molar-refractivity contribution in [3.63, 3.8) is 0 Å². The van der Waals surface area contributed by atoms with E-state index < -0.39 is 0 Å². The molecule has 1 aromatic heterocycles. The number of pyridine rings is 1. The van der Waals surface area contributed by atoms with Crippen LogP contribution in [0, 0.1) is 0 Å². The average molecular weight is 361 g/mol. The Labute approximate surface area is 165 Å². The molecule has 1 heteroatoms. The Morgan fingerprint density at radius 1 is 0.667 bits per heavy atom. The molecule has 0 spiro atoms. The summed E-state index contributed by atoms with van der Waals surface area (Å²) in [7, 11) is 0. The quantitative estimate of drug-likeness (QED) is 0.260. The molecule has 0 radical (unpaired) electrons. The van der Waals surface area contributed by atoms with Crippen LogP contribution < -0.4 is 4.57 Å². The van der Waals surface area contributed by atoms with Crippen LogP contribution in [0.25, 0.3) is 10.8 Å². The minimum atomic E-state index is 0.956. The fourth-order valence-electron chi connectivity index (χ4n) is 3.95. The largest absolute Gasteiger partial charge is 0.198 e. The van der Waals surface area contributed by atoms with E-state index in [0.29, 0.717) is 0 Å². The normalized spacial score (nSPS) is 11.1. The highest BCUT2D eigenvalue weighted by atomic mass is 15.0. The molecule has 0 aliphatic heterocycles. The van der Waals surface area contributed by atoms with Gasteiger partial charge in [0.05, 0.1) is 0 Å². The summed E-state index contributed by atoms with van der Waals surface area (Å²) in [5.41, 5.74) is 2.86. The van der Waals surface area contributed by atoms with Gasteiger partial charge in [-0.1, -0.05) is 100 Å². The Morgan fingerprint density at radius 3 is 2.11 bits per heavy atom. The Morgan fingerprint density at radius 2 is 1.33 bits per heavy atom. The summed E-state index contributed by atoms with van der Waals surface area (Å²) in [5, 5.41) is 2.77. The van der Waals surface area contributed by atoms with Crippen LogP contribution in [0.1, 0.15) is 69.5 Å². The summed E-state index contributed by atoms with van der Waals surface area (Å²) < 4.78 is 2.46. The first kappa shape index (κ1) is 19.6. The number of aryl methyl sites for hydroxylation is 1. The number of benzene rings is 2. The number of aromatic nitrogens is 1. The second-order valence-corrected chi connectivity index (χ2v) is 7.69. The Hall–Kier alpha value is -2.15. The first-order valence-electron chi connectivity index (χ1n) is 10.8. The van der Waals surface area contributed by atoms with Crippen LogP contribution in [0.15, 0.2) is 66.9 Å². The molecule has 0 saturated carbocycles. The van der Waals surface area contributed by atoms with Gasteiger partial charge in [0.2, 0.25) is 0 Å². The maximum atomic E-state index is 2.46. The van der Waals surface area contributed by atoms with Crippen LogP contribution in [-0.2, 0) is 13.0 Å². The minimum Gasteiger partial charge on any atom is -0.198 e. The third kappa shape index (κ3) is 5.92. The molecule has 0 amide bonds. The summed E-state index contributed by atoms with van der Waals surface area (Å²) >= 11 is 0. The molecule has 0 aliphatic rings. The minimum absolute atomic E-state index is 0.956. The van der Waals surface area contributed by atoms with E-state index in [4.69, 9.17) is 0 Å². The second kappa shape index (κ2) is 10.9. The van der Waals surface area contributed by atoms with Gasteiger partial charge in [-0.15, -0.1) is 0 Å². The number of hydrogen-bond donors (Lipinski definition) is 0. The molecule has 27 heavy (non-hydrogen) atoms. The standard InChI is InChI=1S/C26H34N/c1-2-3-4-5-6-7-8-12-19-26-25-18-14-13-17-24(25)20-21-27(26)22-23-15-10-9-11-16-23/h9-11,13-18,20-21H,2-8,12,19,22H2,1H3/q+1. The van der Waals surface area contributed by atoms with E-state index in [1.54, 1.807) is 0 Å². The summed E-state index contributed by atoms with van der Waals surface area (Å²) in [4.78, 5) is 0. The first-order chi connectivity index (χ1) is 13.4. The molecule has 0 N–H and O–H groups in total. The van der Waals surface area contributed by atoms with E-state index in [-0.39, 0.29) is 0 Å². The zero-order chi connectivity index (χ0) is 18.7. The van der Waals surface area contributed by atoms with Crippen molar-refractivity contribution in [1.29, 1.82) is 0 Å². The van der Waals surface area contributed by atoms with Crippen molar-refractivity contribution in [1.82, 2.24) is 0 Å². The first-order valence-corrected chi connectivity index (χ1v) is 10.8. The van der Waals surface area contributed by atoms with E-state index in [9.17, 15) is 0 Å². The second-order valence-electron chi connectivity index (χ2n) is 7.69. The lowest BCUT2D eigenvalue weighted by Crippen LogP contribution is -2.38. The summed E-state index contributed by atoms with van der Waals surface area (Å²) in [5.74, 6) is 0. The van der Waals surface area contributed by atoms with Gasteiger partial charge in [-0.05, 0) is 17.9 Å². The molecule has 0 aliphatic carbocycles. The van der Waals surface area contributed by atoms with E-state index in [1.807, 2.05) is 0 Å². The fraction of sp³-hybridized carbons (Fsp3) is 0.423. The fourth-order valence-corrected chi connectivity index (χ4v) is 3.95. The van der Waals surface area contributed by atoms with Crippen LogP contribution in [0.3, 0.4) is 0 Å². The summed E-state index contributed by atoms with van der Waals surface area (Å²) in [6.07, 6.45) is 14.4. The number of fused-ring (bicyclic) bond motifs is 1. The van der Waals surface area contributed by atoms with E-state index in [2.05, 4.69) is 78.4 Å². The van der Waals surface area contributed by atoms with Crippen molar-refractivity contribution >= 4 is 10.8 Å². The monoisotopic (exact) mass is 360 g/mol. The Kier molecular flexibility index (Phi) is 7.89. The molecule has 1 nitrogen and oxygen atoms in total. The summed E-state index contributed by atoms with van der Waals surface area (Å²) in [6.45, 7) is 3.24. The van der Waals surface area contributed by atoms with Crippen molar-refractivity contribution in [2.45, 2.75) is 71.3 Å². The van der Waals surface area contributed by atoms with Crippen molar-refractivity contribution < 1.29 is 4.57 Å². The van der Waals surface area contributed by atoms with E-state index in [1.165, 1.54) is 79.8 Å². The van der Waals surface area contributed by atoms with Gasteiger partial charge in [0.15, 0.2) is 18.4 Å². The van der Waals surface area contributed by atoms with E-state index in [0.717, 1.165) is 6.54 Å². The number of unbranched alkanes of at least 4 members (excludes halogenated alkanes) is 7. The summed E-state index contributed by atoms with van der Waals surface area (Å²) in [6, 6.07) is 21.9. The van der Waals surface area contributed by atoms with Gasteiger partial charge < -0.3 is 0 Å². The van der Waals surface area contributed by atoms with Crippen LogP contribution in [0.5, 0.6) is 0 Å². The maximum Gasteiger partial charge on any atom is 0.189 e. The van der Waals surface area contributed by atoms with Crippen molar-refractivity contribution in [3.05, 3.63) is 78.1 Å². The SMILES string of the molecule is CCCCCCCCCCc1c2ccccc2cc[n+]1Cc1ccccc1. The molecule has 3 aromatic rings. The van der Waals surface area contributed by atoms with Gasteiger partial charge in [0, 0.05) is 23.4 Å². The molecule has 0 bridgehead atoms. The lowest BCUT2D eigenvalue weighted by atomic mass is 10.0. The van der Waals surface area contributed by atoms with Crippen LogP contribution in [0.4, 0.5) is 0 Å². The zero-order valence-corrected chi connectivity index (χ0v) is 16.9. The van der Waals surface area contributed by atoms with Crippen LogP contribution >= 0.6 is 0 Å². The molecular weight excluding hydrogens is 326 g/mol. The third-order valence-corrected chi connectivity index (χ3v) is 5.52. The molecule has 0 atom stereocenters. The zero-order valence-electron chi connectivity index (χ0n) is 16.9. The van der Waals surface area contributed by atoms with Crippen molar-refractivity contribution in [2.75, 3.05) is 0 Å². The molecule has 2 aromatic carbocycles. The van der Waals surface area contributed by atoms with Crippen molar-refractivity contribution in [2.24, 2.45) is 0 Å². The van der Waals surface area contributed by atoms with Gasteiger partial charge in [0.1, 0.15) is 0 Å². The molecule has 1 heterocycles. The number of rotatable bonds is 11. The predicted molar refractivity (Wildman–Crippen MR) is 116 cm³/mol. The lowest BCUT2D eigenvalue weighted by molar-refractivity contribution is -0.694. The highest BCUT2D eigenvalue weighted by Crippen LogP contribution is 2.18. The van der Waals surface area contributed by atoms with Gasteiger partial charge in [-0.2, -0.15) is 4.57 Å². The average Bonchev–Trinajstić information content (AvgIpc) is 2.72. The maximum absolute atomic E-state index is 2.46. The molecule has 142 valence electrons. The lowest BCUT2D eigenvalue weighted by Gasteiger charge is -2.08. The number of nitrogens with zero attached hydrogens (tertiary/aromatic N) is 1. The van der Waals surface area contributed by atoms with Gasteiger partial charge in [0.25, 0.3) is 0 Å². The Bertz CT molecular complexity index is 807. The molecule has 0 unspecified atom stereocenters. The van der Waals surface area contributed by atoms with Crippen LogP contribution in [-0.4, -0.2) is 0 Å². The highest BCUT2D eigenvalue weighted by molar-refractivity contribution is 5.83. The smallest absolute Gasteiger partial charge is 0.189 e. The highest BCUT2D eigenvalue weighted by Gasteiger charge is 2.15.